The van der Waals surface area contributed by atoms with Gasteiger partial charge in [-0.1, -0.05) is 42.8 Å². The summed E-state index contributed by atoms with van der Waals surface area (Å²) in [5, 5.41) is 7.67. The predicted molar refractivity (Wildman–Crippen MR) is 111 cm³/mol. The lowest BCUT2D eigenvalue weighted by Gasteiger charge is -2.09. The zero-order valence-corrected chi connectivity index (χ0v) is 16.7. The highest BCUT2D eigenvalue weighted by Crippen LogP contribution is 2.15. The maximum Gasteiger partial charge on any atom is 0.251 e. The molecule has 0 atom stereocenters. The molecule has 0 aliphatic carbocycles. The molecule has 0 aliphatic heterocycles. The topological polar surface area (TPSA) is 56.1 Å². The van der Waals surface area contributed by atoms with Gasteiger partial charge >= 0.3 is 0 Å². The SMILES string of the molecule is CCc1ccc(OCc2cccc(C(=O)NCCCn3cc(Cl)cn3)c2)cc1. The van der Waals surface area contributed by atoms with Gasteiger partial charge in [-0.25, -0.2) is 0 Å². The number of ether oxygens (including phenoxy) is 1. The number of aromatic nitrogens is 2. The van der Waals surface area contributed by atoms with Crippen LogP contribution in [0, 0.1) is 0 Å². The minimum atomic E-state index is -0.0901. The molecular formula is C22H24ClN3O2. The van der Waals surface area contributed by atoms with Crippen molar-refractivity contribution in [2.45, 2.75) is 32.9 Å². The van der Waals surface area contributed by atoms with Crippen LogP contribution in [-0.2, 0) is 19.6 Å². The molecule has 3 aromatic rings. The maximum atomic E-state index is 12.4. The van der Waals surface area contributed by atoms with E-state index < -0.39 is 0 Å². The van der Waals surface area contributed by atoms with Crippen molar-refractivity contribution in [2.75, 3.05) is 6.54 Å². The first-order valence-electron chi connectivity index (χ1n) is 9.41. The number of hydrogen-bond acceptors (Lipinski definition) is 3. The van der Waals surface area contributed by atoms with Crippen LogP contribution in [0.15, 0.2) is 60.9 Å². The van der Waals surface area contributed by atoms with Gasteiger partial charge in [-0.15, -0.1) is 0 Å². The monoisotopic (exact) mass is 397 g/mol. The van der Waals surface area contributed by atoms with E-state index in [1.54, 1.807) is 17.1 Å². The van der Waals surface area contributed by atoms with Crippen molar-refractivity contribution in [3.05, 3.63) is 82.6 Å². The van der Waals surface area contributed by atoms with Gasteiger partial charge in [-0.05, 0) is 48.2 Å². The van der Waals surface area contributed by atoms with Gasteiger partial charge in [0.15, 0.2) is 0 Å². The number of aryl methyl sites for hydroxylation is 2. The number of benzene rings is 2. The van der Waals surface area contributed by atoms with E-state index in [1.807, 2.05) is 36.4 Å². The van der Waals surface area contributed by atoms with Crippen LogP contribution < -0.4 is 10.1 Å². The van der Waals surface area contributed by atoms with E-state index in [-0.39, 0.29) is 5.91 Å². The molecule has 0 bridgehead atoms. The summed E-state index contributed by atoms with van der Waals surface area (Å²) >= 11 is 5.83. The number of carbonyl (C=O) groups excluding carboxylic acids is 1. The van der Waals surface area contributed by atoms with E-state index in [1.165, 1.54) is 5.56 Å². The van der Waals surface area contributed by atoms with Gasteiger partial charge in [0.1, 0.15) is 12.4 Å². The van der Waals surface area contributed by atoms with Gasteiger partial charge in [0.05, 0.1) is 11.2 Å². The number of carbonyl (C=O) groups is 1. The largest absolute Gasteiger partial charge is 0.489 e. The molecule has 2 aromatic carbocycles. The van der Waals surface area contributed by atoms with Gasteiger partial charge in [-0.2, -0.15) is 5.10 Å². The summed E-state index contributed by atoms with van der Waals surface area (Å²) in [6.07, 6.45) is 5.15. The smallest absolute Gasteiger partial charge is 0.251 e. The molecular weight excluding hydrogens is 374 g/mol. The summed E-state index contributed by atoms with van der Waals surface area (Å²) in [7, 11) is 0. The van der Waals surface area contributed by atoms with E-state index in [9.17, 15) is 4.79 Å². The third-order valence-corrected chi connectivity index (χ3v) is 4.57. The van der Waals surface area contributed by atoms with Crippen molar-refractivity contribution < 1.29 is 9.53 Å². The molecule has 5 nitrogen and oxygen atoms in total. The predicted octanol–water partition coefficient (Wildman–Crippen LogP) is 4.50. The van der Waals surface area contributed by atoms with Crippen LogP contribution in [0.1, 0.15) is 34.8 Å². The van der Waals surface area contributed by atoms with Crippen molar-refractivity contribution >= 4 is 17.5 Å². The molecule has 0 unspecified atom stereocenters. The zero-order chi connectivity index (χ0) is 19.8. The molecule has 6 heteroatoms. The normalized spacial score (nSPS) is 10.6. The van der Waals surface area contributed by atoms with Gasteiger partial charge in [0, 0.05) is 24.8 Å². The fourth-order valence-corrected chi connectivity index (χ4v) is 2.95. The standard InChI is InChI=1S/C22H24ClN3O2/c1-2-17-7-9-21(10-8-17)28-16-18-5-3-6-19(13-18)22(27)24-11-4-12-26-15-20(23)14-25-26/h3,5-10,13-15H,2,4,11-12,16H2,1H3,(H,24,27). The van der Waals surface area contributed by atoms with Crippen molar-refractivity contribution in [3.8, 4) is 5.75 Å². The average molecular weight is 398 g/mol. The first-order valence-corrected chi connectivity index (χ1v) is 9.78. The molecule has 146 valence electrons. The number of hydrogen-bond donors (Lipinski definition) is 1. The van der Waals surface area contributed by atoms with E-state index in [2.05, 4.69) is 29.5 Å². The van der Waals surface area contributed by atoms with Crippen LogP contribution in [0.2, 0.25) is 5.02 Å². The quantitative estimate of drug-likeness (QED) is 0.541. The summed E-state index contributed by atoms with van der Waals surface area (Å²) in [5.41, 5.74) is 2.87. The fraction of sp³-hybridized carbons (Fsp3) is 0.273. The molecule has 1 N–H and O–H groups in total. The first kappa shape index (κ1) is 20.0. The Hall–Kier alpha value is -2.79. The second-order valence-electron chi connectivity index (χ2n) is 6.52. The summed E-state index contributed by atoms with van der Waals surface area (Å²) in [5.74, 6) is 0.735. The molecule has 0 aliphatic rings. The molecule has 1 heterocycles. The highest BCUT2D eigenvalue weighted by Gasteiger charge is 2.06. The highest BCUT2D eigenvalue weighted by atomic mass is 35.5. The van der Waals surface area contributed by atoms with E-state index in [0.717, 1.165) is 24.2 Å². The van der Waals surface area contributed by atoms with Crippen LogP contribution in [0.4, 0.5) is 0 Å². The lowest BCUT2D eigenvalue weighted by atomic mass is 10.1. The van der Waals surface area contributed by atoms with Crippen molar-refractivity contribution in [1.82, 2.24) is 15.1 Å². The van der Waals surface area contributed by atoms with Gasteiger partial charge in [0.2, 0.25) is 0 Å². The highest BCUT2D eigenvalue weighted by molar-refractivity contribution is 6.30. The second-order valence-corrected chi connectivity index (χ2v) is 6.95. The Balaban J connectivity index is 1.46. The molecule has 0 spiro atoms. The summed E-state index contributed by atoms with van der Waals surface area (Å²) in [4.78, 5) is 12.4. The molecule has 1 aromatic heterocycles. The molecule has 0 saturated heterocycles. The van der Waals surface area contributed by atoms with Crippen LogP contribution in [0.3, 0.4) is 0 Å². The zero-order valence-electron chi connectivity index (χ0n) is 15.9. The van der Waals surface area contributed by atoms with E-state index in [0.29, 0.717) is 30.3 Å². The summed E-state index contributed by atoms with van der Waals surface area (Å²) < 4.78 is 7.59. The molecule has 0 radical (unpaired) electrons. The van der Waals surface area contributed by atoms with Crippen molar-refractivity contribution in [1.29, 1.82) is 0 Å². The summed E-state index contributed by atoms with van der Waals surface area (Å²) in [6.45, 7) is 3.82. The Morgan fingerprint density at radius 1 is 1.18 bits per heavy atom. The number of amides is 1. The minimum absolute atomic E-state index is 0.0901. The molecule has 28 heavy (non-hydrogen) atoms. The van der Waals surface area contributed by atoms with Gasteiger partial charge < -0.3 is 10.1 Å². The molecule has 3 rings (SSSR count). The number of nitrogens with zero attached hydrogens (tertiary/aromatic N) is 2. The number of halogens is 1. The van der Waals surface area contributed by atoms with E-state index >= 15 is 0 Å². The molecule has 0 fully saturated rings. The Bertz CT molecular complexity index is 906. The van der Waals surface area contributed by atoms with Crippen LogP contribution in [0.25, 0.3) is 0 Å². The summed E-state index contributed by atoms with van der Waals surface area (Å²) in [6, 6.07) is 15.6. The Morgan fingerprint density at radius 2 is 2.00 bits per heavy atom. The number of nitrogens with one attached hydrogen (secondary N) is 1. The third-order valence-electron chi connectivity index (χ3n) is 4.38. The average Bonchev–Trinajstić information content (AvgIpc) is 3.15. The maximum absolute atomic E-state index is 12.4. The molecule has 1 amide bonds. The van der Waals surface area contributed by atoms with Crippen LogP contribution >= 0.6 is 11.6 Å². The van der Waals surface area contributed by atoms with Gasteiger partial charge in [0.25, 0.3) is 5.91 Å². The van der Waals surface area contributed by atoms with Crippen LogP contribution in [-0.4, -0.2) is 22.2 Å². The molecule has 0 saturated carbocycles. The van der Waals surface area contributed by atoms with Crippen molar-refractivity contribution in [2.24, 2.45) is 0 Å². The van der Waals surface area contributed by atoms with Crippen LogP contribution in [0.5, 0.6) is 5.75 Å². The lowest BCUT2D eigenvalue weighted by molar-refractivity contribution is 0.0952. The fourth-order valence-electron chi connectivity index (χ4n) is 2.80. The second kappa shape index (κ2) is 9.95. The van der Waals surface area contributed by atoms with Crippen molar-refractivity contribution in [3.63, 3.8) is 0 Å². The Morgan fingerprint density at radius 3 is 2.71 bits per heavy atom. The van der Waals surface area contributed by atoms with Gasteiger partial charge in [-0.3, -0.25) is 9.48 Å². The first-order chi connectivity index (χ1) is 13.6. The minimum Gasteiger partial charge on any atom is -0.489 e. The Labute approximate surface area is 170 Å². The number of rotatable bonds is 9. The lowest BCUT2D eigenvalue weighted by Crippen LogP contribution is -2.25. The van der Waals surface area contributed by atoms with E-state index in [4.69, 9.17) is 16.3 Å². The third kappa shape index (κ3) is 5.86. The Kier molecular flexibility index (Phi) is 7.09.